The van der Waals surface area contributed by atoms with Crippen LogP contribution in [-0.4, -0.2) is 43.5 Å². The van der Waals surface area contributed by atoms with E-state index >= 15 is 0 Å². The molecule has 0 aliphatic heterocycles. The van der Waals surface area contributed by atoms with E-state index in [0.717, 1.165) is 17.4 Å². The maximum absolute atomic E-state index is 11.6. The Hall–Kier alpha value is -1.03. The van der Waals surface area contributed by atoms with Crippen LogP contribution in [0.4, 0.5) is 4.79 Å². The summed E-state index contributed by atoms with van der Waals surface area (Å²) in [5.74, 6) is 0. The molecule has 3 nitrogen and oxygen atoms in total. The topological polar surface area (TPSA) is 23.6 Å². The van der Waals surface area contributed by atoms with Crippen molar-refractivity contribution in [2.24, 2.45) is 0 Å². The van der Waals surface area contributed by atoms with Crippen LogP contribution >= 0.6 is 15.9 Å². The number of amides is 2. The van der Waals surface area contributed by atoms with Gasteiger partial charge in [0.05, 0.1) is 0 Å². The van der Waals surface area contributed by atoms with Crippen molar-refractivity contribution in [1.29, 1.82) is 0 Å². The lowest BCUT2D eigenvalue weighted by atomic mass is 10.1. The SMILES string of the molecule is CN(C)C(=O)N(C)CCc1ccc(Br)cc1. The second kappa shape index (κ2) is 5.89. The first kappa shape index (κ1) is 13.0. The van der Waals surface area contributed by atoms with Gasteiger partial charge in [-0.25, -0.2) is 4.79 Å². The van der Waals surface area contributed by atoms with Gasteiger partial charge in [0.2, 0.25) is 0 Å². The standard InChI is InChI=1S/C12H17BrN2O/c1-14(2)12(16)15(3)9-8-10-4-6-11(13)7-5-10/h4-7H,8-9H2,1-3H3. The molecular formula is C12H17BrN2O. The molecule has 88 valence electrons. The summed E-state index contributed by atoms with van der Waals surface area (Å²) in [7, 11) is 5.35. The summed E-state index contributed by atoms with van der Waals surface area (Å²) in [5.41, 5.74) is 1.24. The van der Waals surface area contributed by atoms with Crippen LogP contribution in [0.5, 0.6) is 0 Å². The van der Waals surface area contributed by atoms with Crippen molar-refractivity contribution in [3.8, 4) is 0 Å². The molecule has 0 fully saturated rings. The monoisotopic (exact) mass is 284 g/mol. The van der Waals surface area contributed by atoms with E-state index in [1.165, 1.54) is 5.56 Å². The Labute approximate surface area is 105 Å². The minimum Gasteiger partial charge on any atom is -0.331 e. The predicted molar refractivity (Wildman–Crippen MR) is 69.6 cm³/mol. The normalized spacial score (nSPS) is 10.0. The highest BCUT2D eigenvalue weighted by atomic mass is 79.9. The quantitative estimate of drug-likeness (QED) is 0.837. The molecule has 0 saturated heterocycles. The third-order valence-electron chi connectivity index (χ3n) is 2.36. The molecule has 1 rings (SSSR count). The van der Waals surface area contributed by atoms with Gasteiger partial charge >= 0.3 is 6.03 Å². The Morgan fingerprint density at radius 1 is 1.19 bits per heavy atom. The number of benzene rings is 1. The second-order valence-corrected chi connectivity index (χ2v) is 4.89. The molecule has 4 heteroatoms. The van der Waals surface area contributed by atoms with Gasteiger partial charge in [-0.2, -0.15) is 0 Å². The first-order chi connectivity index (χ1) is 7.50. The highest BCUT2D eigenvalue weighted by Gasteiger charge is 2.09. The third kappa shape index (κ3) is 3.85. The van der Waals surface area contributed by atoms with Gasteiger partial charge in [0.1, 0.15) is 0 Å². The summed E-state index contributed by atoms with van der Waals surface area (Å²) in [6.07, 6.45) is 0.878. The summed E-state index contributed by atoms with van der Waals surface area (Å²) in [6.45, 7) is 0.735. The van der Waals surface area contributed by atoms with Crippen LogP contribution in [0.3, 0.4) is 0 Å². The number of likely N-dealkylation sites (N-methyl/N-ethyl adjacent to an activating group) is 1. The van der Waals surface area contributed by atoms with Gasteiger partial charge in [0.15, 0.2) is 0 Å². The molecule has 0 bridgehead atoms. The molecule has 0 N–H and O–H groups in total. The Bertz CT molecular complexity index is 349. The summed E-state index contributed by atoms with van der Waals surface area (Å²) >= 11 is 3.40. The number of nitrogens with zero attached hydrogens (tertiary/aromatic N) is 2. The molecule has 0 aliphatic carbocycles. The molecule has 16 heavy (non-hydrogen) atoms. The van der Waals surface area contributed by atoms with Gasteiger partial charge in [-0.3, -0.25) is 0 Å². The molecule has 0 heterocycles. The van der Waals surface area contributed by atoms with Crippen LogP contribution in [0.1, 0.15) is 5.56 Å². The minimum absolute atomic E-state index is 0.0390. The van der Waals surface area contributed by atoms with E-state index in [1.54, 1.807) is 23.9 Å². The summed E-state index contributed by atoms with van der Waals surface area (Å²) in [6, 6.07) is 8.21. The molecule has 0 radical (unpaired) electrons. The van der Waals surface area contributed by atoms with Gasteiger partial charge in [0, 0.05) is 32.2 Å². The van der Waals surface area contributed by atoms with Crippen molar-refractivity contribution < 1.29 is 4.79 Å². The molecule has 0 aromatic heterocycles. The van der Waals surface area contributed by atoms with Crippen molar-refractivity contribution in [1.82, 2.24) is 9.80 Å². The Balaban J connectivity index is 2.45. The van der Waals surface area contributed by atoms with Gasteiger partial charge in [-0.05, 0) is 24.1 Å². The smallest absolute Gasteiger partial charge is 0.319 e. The largest absolute Gasteiger partial charge is 0.331 e. The summed E-state index contributed by atoms with van der Waals surface area (Å²) < 4.78 is 1.08. The maximum Gasteiger partial charge on any atom is 0.319 e. The van der Waals surface area contributed by atoms with Gasteiger partial charge in [0.25, 0.3) is 0 Å². The van der Waals surface area contributed by atoms with Gasteiger partial charge in [-0.1, -0.05) is 28.1 Å². The van der Waals surface area contributed by atoms with Gasteiger partial charge < -0.3 is 9.80 Å². The molecule has 0 saturated carbocycles. The number of carbonyl (C=O) groups is 1. The third-order valence-corrected chi connectivity index (χ3v) is 2.89. The van der Waals surface area contributed by atoms with Crippen LogP contribution in [0, 0.1) is 0 Å². The Morgan fingerprint density at radius 2 is 1.75 bits per heavy atom. The van der Waals surface area contributed by atoms with E-state index in [4.69, 9.17) is 0 Å². The van der Waals surface area contributed by atoms with E-state index in [0.29, 0.717) is 0 Å². The number of rotatable bonds is 3. The van der Waals surface area contributed by atoms with Crippen molar-refractivity contribution in [3.63, 3.8) is 0 Å². The van der Waals surface area contributed by atoms with Gasteiger partial charge in [-0.15, -0.1) is 0 Å². The van der Waals surface area contributed by atoms with E-state index in [2.05, 4.69) is 28.1 Å². The Kier molecular flexibility index (Phi) is 4.80. The van der Waals surface area contributed by atoms with Crippen molar-refractivity contribution in [3.05, 3.63) is 34.3 Å². The molecule has 0 spiro atoms. The average Bonchev–Trinajstić information content (AvgIpc) is 2.26. The van der Waals surface area contributed by atoms with E-state index in [9.17, 15) is 4.79 Å². The Morgan fingerprint density at radius 3 is 2.25 bits per heavy atom. The van der Waals surface area contributed by atoms with Crippen LogP contribution in [0.25, 0.3) is 0 Å². The van der Waals surface area contributed by atoms with Crippen molar-refractivity contribution in [2.45, 2.75) is 6.42 Å². The molecule has 0 atom stereocenters. The lowest BCUT2D eigenvalue weighted by molar-refractivity contribution is 0.182. The zero-order chi connectivity index (χ0) is 12.1. The van der Waals surface area contributed by atoms with E-state index < -0.39 is 0 Å². The zero-order valence-corrected chi connectivity index (χ0v) is 11.5. The highest BCUT2D eigenvalue weighted by Crippen LogP contribution is 2.11. The molecule has 0 aliphatic rings. The van der Waals surface area contributed by atoms with Crippen LogP contribution < -0.4 is 0 Å². The van der Waals surface area contributed by atoms with Crippen molar-refractivity contribution in [2.75, 3.05) is 27.7 Å². The number of carbonyl (C=O) groups excluding carboxylic acids is 1. The molecule has 1 aromatic rings. The maximum atomic E-state index is 11.6. The number of hydrogen-bond acceptors (Lipinski definition) is 1. The van der Waals surface area contributed by atoms with Crippen LogP contribution in [0.2, 0.25) is 0 Å². The summed E-state index contributed by atoms with van der Waals surface area (Å²) in [5, 5.41) is 0. The average molecular weight is 285 g/mol. The van der Waals surface area contributed by atoms with E-state index in [1.807, 2.05) is 19.2 Å². The fraction of sp³-hybridized carbons (Fsp3) is 0.417. The second-order valence-electron chi connectivity index (χ2n) is 3.98. The lowest BCUT2D eigenvalue weighted by Crippen LogP contribution is -2.37. The fourth-order valence-electron chi connectivity index (χ4n) is 1.38. The fourth-order valence-corrected chi connectivity index (χ4v) is 1.65. The predicted octanol–water partition coefficient (Wildman–Crippen LogP) is 2.61. The molecule has 1 aromatic carbocycles. The first-order valence-electron chi connectivity index (χ1n) is 5.17. The minimum atomic E-state index is 0.0390. The molecule has 0 unspecified atom stereocenters. The zero-order valence-electron chi connectivity index (χ0n) is 9.90. The number of halogens is 1. The lowest BCUT2D eigenvalue weighted by Gasteiger charge is -2.21. The highest BCUT2D eigenvalue weighted by molar-refractivity contribution is 9.10. The molecular weight excluding hydrogens is 268 g/mol. The summed E-state index contributed by atoms with van der Waals surface area (Å²) in [4.78, 5) is 14.9. The number of urea groups is 1. The van der Waals surface area contributed by atoms with Crippen molar-refractivity contribution >= 4 is 22.0 Å². The number of hydrogen-bond donors (Lipinski definition) is 0. The first-order valence-corrected chi connectivity index (χ1v) is 5.97. The molecule has 2 amide bonds. The van der Waals surface area contributed by atoms with Crippen LogP contribution in [0.15, 0.2) is 28.7 Å². The van der Waals surface area contributed by atoms with E-state index in [-0.39, 0.29) is 6.03 Å². The van der Waals surface area contributed by atoms with Crippen LogP contribution in [-0.2, 0) is 6.42 Å².